The Morgan fingerprint density at radius 3 is 2.15 bits per heavy atom. The maximum atomic E-state index is 2.33. The third-order valence-corrected chi connectivity index (χ3v) is 4.29. The molecule has 1 heterocycles. The van der Waals surface area contributed by atoms with Gasteiger partial charge >= 0.3 is 0 Å². The van der Waals surface area contributed by atoms with Gasteiger partial charge in [-0.1, -0.05) is 18.2 Å². The summed E-state index contributed by atoms with van der Waals surface area (Å²) in [6, 6.07) is 8.74. The van der Waals surface area contributed by atoms with Crippen LogP contribution in [0.2, 0.25) is 0 Å². The molecule has 110 valence electrons. The average molecular weight is 275 g/mol. The number of rotatable bonds is 5. The second kappa shape index (κ2) is 7.46. The Labute approximate surface area is 123 Å². The van der Waals surface area contributed by atoms with E-state index in [9.17, 15) is 0 Å². The number of nitrogens with one attached hydrogen (secondary N) is 2. The highest BCUT2D eigenvalue weighted by Crippen LogP contribution is 2.12. The van der Waals surface area contributed by atoms with Crippen molar-refractivity contribution in [1.29, 1.82) is 0 Å². The van der Waals surface area contributed by atoms with Gasteiger partial charge in [-0.2, -0.15) is 0 Å². The maximum Gasteiger partial charge on any atom is 0.127 e. The van der Waals surface area contributed by atoms with Gasteiger partial charge < -0.3 is 14.7 Å². The van der Waals surface area contributed by atoms with Crippen LogP contribution < -0.4 is 14.7 Å². The van der Waals surface area contributed by atoms with Gasteiger partial charge in [0.2, 0.25) is 0 Å². The Morgan fingerprint density at radius 1 is 1.00 bits per heavy atom. The predicted octanol–water partition coefficient (Wildman–Crippen LogP) is -0.431. The molecule has 1 saturated heterocycles. The first-order valence-corrected chi connectivity index (χ1v) is 7.80. The third-order valence-electron chi connectivity index (χ3n) is 4.29. The molecule has 3 heteroatoms. The quantitative estimate of drug-likeness (QED) is 0.743. The van der Waals surface area contributed by atoms with E-state index in [4.69, 9.17) is 0 Å². The van der Waals surface area contributed by atoms with Crippen molar-refractivity contribution in [3.63, 3.8) is 0 Å². The maximum absolute atomic E-state index is 2.33. The average Bonchev–Trinajstić information content (AvgIpc) is 2.48. The fourth-order valence-electron chi connectivity index (χ4n) is 2.76. The van der Waals surface area contributed by atoms with E-state index in [2.05, 4.69) is 62.3 Å². The fraction of sp³-hybridized carbons (Fsp3) is 0.529. The molecule has 0 amide bonds. The van der Waals surface area contributed by atoms with Gasteiger partial charge in [-0.05, 0) is 30.7 Å². The molecule has 2 rings (SSSR count). The van der Waals surface area contributed by atoms with E-state index < -0.39 is 0 Å². The second-order valence-corrected chi connectivity index (χ2v) is 5.95. The lowest BCUT2D eigenvalue weighted by molar-refractivity contribution is -1.01. The van der Waals surface area contributed by atoms with Gasteiger partial charge in [-0.25, -0.2) is 0 Å². The van der Waals surface area contributed by atoms with E-state index in [1.165, 1.54) is 44.0 Å². The van der Waals surface area contributed by atoms with Gasteiger partial charge in [0.1, 0.15) is 26.2 Å². The van der Waals surface area contributed by atoms with Crippen LogP contribution in [0.4, 0.5) is 5.69 Å². The zero-order chi connectivity index (χ0) is 14.4. The van der Waals surface area contributed by atoms with E-state index in [1.807, 2.05) is 0 Å². The molecule has 0 saturated carbocycles. The van der Waals surface area contributed by atoms with Crippen LogP contribution >= 0.6 is 0 Å². The number of anilines is 1. The van der Waals surface area contributed by atoms with E-state index in [1.54, 1.807) is 9.80 Å². The number of nitrogens with zero attached hydrogens (tertiary/aromatic N) is 1. The first-order valence-electron chi connectivity index (χ1n) is 7.80. The van der Waals surface area contributed by atoms with E-state index in [0.717, 1.165) is 6.54 Å². The summed E-state index contributed by atoms with van der Waals surface area (Å²) in [5.74, 6) is 0. The molecule has 1 aliphatic rings. The van der Waals surface area contributed by atoms with Crippen molar-refractivity contribution in [2.75, 3.05) is 58.3 Å². The number of benzene rings is 1. The summed E-state index contributed by atoms with van der Waals surface area (Å²) in [4.78, 5) is 5.62. The van der Waals surface area contributed by atoms with Gasteiger partial charge in [-0.3, -0.25) is 0 Å². The normalized spacial score (nSPS) is 23.1. The minimum absolute atomic E-state index is 1.16. The van der Waals surface area contributed by atoms with Crippen LogP contribution in [-0.2, 0) is 0 Å². The molecule has 1 fully saturated rings. The summed E-state index contributed by atoms with van der Waals surface area (Å²) < 4.78 is 0. The first-order chi connectivity index (χ1) is 9.69. The third kappa shape index (κ3) is 4.36. The SMILES string of the molecule is CC[NH+]1CC[NH+](C/C=C/c2ccc(N(C)C)cc2)CC1. The monoisotopic (exact) mass is 275 g/mol. The minimum atomic E-state index is 1.16. The van der Waals surface area contributed by atoms with Crippen molar-refractivity contribution < 1.29 is 9.80 Å². The topological polar surface area (TPSA) is 12.1 Å². The van der Waals surface area contributed by atoms with Crippen molar-refractivity contribution >= 4 is 11.8 Å². The van der Waals surface area contributed by atoms with E-state index in [-0.39, 0.29) is 0 Å². The Balaban J connectivity index is 1.79. The number of hydrogen-bond acceptors (Lipinski definition) is 1. The molecule has 2 N–H and O–H groups in total. The van der Waals surface area contributed by atoms with Crippen LogP contribution in [0, 0.1) is 0 Å². The highest BCUT2D eigenvalue weighted by Gasteiger charge is 2.19. The largest absolute Gasteiger partial charge is 0.378 e. The molecule has 0 aromatic heterocycles. The van der Waals surface area contributed by atoms with Gasteiger partial charge in [0, 0.05) is 19.8 Å². The molecule has 0 atom stereocenters. The first kappa shape index (κ1) is 15.1. The summed E-state index contributed by atoms with van der Waals surface area (Å²) in [7, 11) is 4.15. The number of piperazine rings is 1. The lowest BCUT2D eigenvalue weighted by Crippen LogP contribution is -3.27. The molecular formula is C17H29N3+2. The zero-order valence-electron chi connectivity index (χ0n) is 13.2. The summed E-state index contributed by atoms with van der Waals surface area (Å²) in [6.45, 7) is 10.0. The Kier molecular flexibility index (Phi) is 5.62. The van der Waals surface area contributed by atoms with Gasteiger partial charge in [0.15, 0.2) is 0 Å². The molecule has 0 aliphatic carbocycles. The van der Waals surface area contributed by atoms with Gasteiger partial charge in [0.25, 0.3) is 0 Å². The number of likely N-dealkylation sites (N-methyl/N-ethyl adjacent to an activating group) is 1. The summed E-state index contributed by atoms with van der Waals surface area (Å²) in [5, 5.41) is 0. The lowest BCUT2D eigenvalue weighted by atomic mass is 10.2. The fourth-order valence-corrected chi connectivity index (χ4v) is 2.76. The summed E-state index contributed by atoms with van der Waals surface area (Å²) >= 11 is 0. The minimum Gasteiger partial charge on any atom is -0.378 e. The molecule has 1 aromatic rings. The van der Waals surface area contributed by atoms with Crippen LogP contribution in [-0.4, -0.2) is 53.4 Å². The number of hydrogen-bond donors (Lipinski definition) is 2. The predicted molar refractivity (Wildman–Crippen MR) is 86.6 cm³/mol. The Bertz CT molecular complexity index is 414. The van der Waals surface area contributed by atoms with Crippen LogP contribution in [0.1, 0.15) is 12.5 Å². The van der Waals surface area contributed by atoms with Gasteiger partial charge in [-0.15, -0.1) is 0 Å². The smallest absolute Gasteiger partial charge is 0.127 e. The van der Waals surface area contributed by atoms with Crippen LogP contribution in [0.15, 0.2) is 30.3 Å². The highest BCUT2D eigenvalue weighted by molar-refractivity contribution is 5.55. The molecule has 0 radical (unpaired) electrons. The van der Waals surface area contributed by atoms with E-state index >= 15 is 0 Å². The Hall–Kier alpha value is -1.32. The summed E-state index contributed by atoms with van der Waals surface area (Å²) in [5.41, 5.74) is 2.55. The van der Waals surface area contributed by atoms with Crippen molar-refractivity contribution in [2.45, 2.75) is 6.92 Å². The molecule has 20 heavy (non-hydrogen) atoms. The molecule has 1 aromatic carbocycles. The van der Waals surface area contributed by atoms with Gasteiger partial charge in [0.05, 0.1) is 13.1 Å². The van der Waals surface area contributed by atoms with Crippen molar-refractivity contribution in [3.8, 4) is 0 Å². The summed E-state index contributed by atoms with van der Waals surface area (Å²) in [6.07, 6.45) is 4.59. The molecule has 0 unspecified atom stereocenters. The van der Waals surface area contributed by atoms with Crippen molar-refractivity contribution in [1.82, 2.24) is 0 Å². The second-order valence-electron chi connectivity index (χ2n) is 5.95. The number of quaternary nitrogens is 2. The highest BCUT2D eigenvalue weighted by atomic mass is 15.2. The van der Waals surface area contributed by atoms with Crippen molar-refractivity contribution in [2.24, 2.45) is 0 Å². The molecule has 1 aliphatic heterocycles. The zero-order valence-corrected chi connectivity index (χ0v) is 13.2. The van der Waals surface area contributed by atoms with Crippen LogP contribution in [0.25, 0.3) is 6.08 Å². The van der Waals surface area contributed by atoms with Crippen molar-refractivity contribution in [3.05, 3.63) is 35.9 Å². The standard InChI is InChI=1S/C17H27N3/c1-4-19-12-14-20(15-13-19)11-5-6-16-7-9-17(10-8-16)18(2)3/h5-10H,4,11-15H2,1-3H3/p+2/b6-5+. The lowest BCUT2D eigenvalue weighted by Gasteiger charge is -2.28. The van der Waals surface area contributed by atoms with Crippen LogP contribution in [0.3, 0.4) is 0 Å². The van der Waals surface area contributed by atoms with Crippen LogP contribution in [0.5, 0.6) is 0 Å². The molecule has 0 spiro atoms. The molecule has 3 nitrogen and oxygen atoms in total. The molecular weight excluding hydrogens is 246 g/mol. The Morgan fingerprint density at radius 2 is 1.60 bits per heavy atom. The molecule has 0 bridgehead atoms. The van der Waals surface area contributed by atoms with E-state index in [0.29, 0.717) is 0 Å².